The third-order valence-electron chi connectivity index (χ3n) is 3.79. The molecule has 1 aliphatic rings. The summed E-state index contributed by atoms with van der Waals surface area (Å²) in [4.78, 5) is 2.43. The first-order valence-electron chi connectivity index (χ1n) is 6.94. The van der Waals surface area contributed by atoms with Gasteiger partial charge in [0.05, 0.1) is 7.11 Å². The Balaban J connectivity index is 1.71. The lowest BCUT2D eigenvalue weighted by Crippen LogP contribution is -2.46. The summed E-state index contributed by atoms with van der Waals surface area (Å²) in [5.41, 5.74) is 6.02. The molecule has 1 aliphatic heterocycles. The number of hydrogen-bond donors (Lipinski definition) is 1. The molecule has 0 saturated carbocycles. The first kappa shape index (κ1) is 14.2. The molecule has 1 aromatic carbocycles. The molecule has 2 unspecified atom stereocenters. The van der Waals surface area contributed by atoms with E-state index in [9.17, 15) is 0 Å². The Kier molecular flexibility index (Phi) is 5.05. The van der Waals surface area contributed by atoms with Crippen molar-refractivity contribution < 1.29 is 9.47 Å². The predicted octanol–water partition coefficient (Wildman–Crippen LogP) is 1.74. The topological polar surface area (TPSA) is 47.7 Å². The number of benzene rings is 1. The molecule has 0 bridgehead atoms. The van der Waals surface area contributed by atoms with Crippen LogP contribution >= 0.6 is 0 Å². The van der Waals surface area contributed by atoms with Crippen molar-refractivity contribution in [3.8, 4) is 11.5 Å². The highest BCUT2D eigenvalue weighted by Crippen LogP contribution is 2.18. The Morgan fingerprint density at radius 1 is 1.26 bits per heavy atom. The minimum Gasteiger partial charge on any atom is -0.497 e. The van der Waals surface area contributed by atoms with Crippen LogP contribution in [0.15, 0.2) is 24.3 Å². The molecular formula is C15H24N2O2. The van der Waals surface area contributed by atoms with Crippen molar-refractivity contribution in [2.24, 2.45) is 11.7 Å². The van der Waals surface area contributed by atoms with Gasteiger partial charge in [0.2, 0.25) is 0 Å². The molecule has 0 radical (unpaired) electrons. The van der Waals surface area contributed by atoms with Crippen LogP contribution in [-0.4, -0.2) is 44.3 Å². The van der Waals surface area contributed by atoms with Gasteiger partial charge in [-0.3, -0.25) is 4.90 Å². The molecule has 2 rings (SSSR count). The number of nitrogens with two attached hydrogens (primary N) is 1. The van der Waals surface area contributed by atoms with Gasteiger partial charge in [-0.15, -0.1) is 0 Å². The summed E-state index contributed by atoms with van der Waals surface area (Å²) in [6, 6.07) is 8.06. The Hall–Kier alpha value is -1.26. The minimum absolute atomic E-state index is 0.360. The van der Waals surface area contributed by atoms with E-state index in [-0.39, 0.29) is 0 Å². The number of methoxy groups -OCH3 is 1. The van der Waals surface area contributed by atoms with Gasteiger partial charge in [0.1, 0.15) is 18.1 Å². The second-order valence-electron chi connectivity index (χ2n) is 5.25. The van der Waals surface area contributed by atoms with Gasteiger partial charge in [0.25, 0.3) is 0 Å². The molecule has 106 valence electrons. The van der Waals surface area contributed by atoms with Crippen molar-refractivity contribution in [2.75, 3.05) is 33.4 Å². The maximum Gasteiger partial charge on any atom is 0.119 e. The van der Waals surface area contributed by atoms with E-state index in [0.717, 1.165) is 37.6 Å². The van der Waals surface area contributed by atoms with E-state index >= 15 is 0 Å². The van der Waals surface area contributed by atoms with Crippen molar-refractivity contribution in [1.29, 1.82) is 0 Å². The third-order valence-corrected chi connectivity index (χ3v) is 3.79. The maximum absolute atomic E-state index is 6.02. The number of likely N-dealkylation sites (tertiary alicyclic amines) is 1. The molecule has 1 saturated heterocycles. The Bertz CT molecular complexity index is 380. The number of rotatable bonds is 5. The zero-order valence-electron chi connectivity index (χ0n) is 11.8. The van der Waals surface area contributed by atoms with Gasteiger partial charge in [0.15, 0.2) is 0 Å². The molecule has 4 heteroatoms. The van der Waals surface area contributed by atoms with Crippen LogP contribution in [0.1, 0.15) is 13.3 Å². The molecular weight excluding hydrogens is 240 g/mol. The van der Waals surface area contributed by atoms with E-state index in [4.69, 9.17) is 15.2 Å². The van der Waals surface area contributed by atoms with E-state index in [1.54, 1.807) is 7.11 Å². The van der Waals surface area contributed by atoms with E-state index in [1.165, 1.54) is 0 Å². The fraction of sp³-hybridized carbons (Fsp3) is 0.600. The van der Waals surface area contributed by atoms with Gasteiger partial charge in [0, 0.05) is 19.1 Å². The molecule has 1 aromatic rings. The summed E-state index contributed by atoms with van der Waals surface area (Å²) >= 11 is 0. The van der Waals surface area contributed by atoms with Crippen LogP contribution in [0.3, 0.4) is 0 Å². The normalized spacial score (nSPS) is 24.2. The van der Waals surface area contributed by atoms with Gasteiger partial charge in [-0.2, -0.15) is 0 Å². The van der Waals surface area contributed by atoms with E-state index in [1.807, 2.05) is 24.3 Å². The van der Waals surface area contributed by atoms with Crippen LogP contribution in [0.5, 0.6) is 11.5 Å². The standard InChI is InChI=1S/C15H24N2O2/c1-12-11-17(8-7-15(12)16)9-10-19-14-5-3-13(18-2)4-6-14/h3-6,12,15H,7-11,16H2,1-2H3. The highest BCUT2D eigenvalue weighted by Gasteiger charge is 2.22. The molecule has 0 spiro atoms. The van der Waals surface area contributed by atoms with Crippen molar-refractivity contribution in [3.63, 3.8) is 0 Å². The zero-order chi connectivity index (χ0) is 13.7. The van der Waals surface area contributed by atoms with Crippen molar-refractivity contribution in [1.82, 2.24) is 4.90 Å². The van der Waals surface area contributed by atoms with Gasteiger partial charge >= 0.3 is 0 Å². The zero-order valence-corrected chi connectivity index (χ0v) is 11.8. The largest absolute Gasteiger partial charge is 0.497 e. The number of hydrogen-bond acceptors (Lipinski definition) is 4. The second-order valence-corrected chi connectivity index (χ2v) is 5.25. The van der Waals surface area contributed by atoms with E-state index in [2.05, 4.69) is 11.8 Å². The summed E-state index contributed by atoms with van der Waals surface area (Å²) < 4.78 is 10.9. The van der Waals surface area contributed by atoms with E-state index in [0.29, 0.717) is 18.6 Å². The average Bonchev–Trinajstić information content (AvgIpc) is 2.43. The summed E-state index contributed by atoms with van der Waals surface area (Å²) in [6.45, 7) is 6.06. The third kappa shape index (κ3) is 4.11. The van der Waals surface area contributed by atoms with Crippen molar-refractivity contribution >= 4 is 0 Å². The van der Waals surface area contributed by atoms with Crippen molar-refractivity contribution in [3.05, 3.63) is 24.3 Å². The molecule has 0 amide bonds. The fourth-order valence-electron chi connectivity index (χ4n) is 2.42. The van der Waals surface area contributed by atoms with E-state index < -0.39 is 0 Å². The Morgan fingerprint density at radius 3 is 2.58 bits per heavy atom. The summed E-state index contributed by atoms with van der Waals surface area (Å²) in [5, 5.41) is 0. The van der Waals surface area contributed by atoms with Crippen LogP contribution < -0.4 is 15.2 Å². The molecule has 2 N–H and O–H groups in total. The average molecular weight is 264 g/mol. The Labute approximate surface area is 115 Å². The smallest absolute Gasteiger partial charge is 0.119 e. The molecule has 19 heavy (non-hydrogen) atoms. The molecule has 1 heterocycles. The number of piperidine rings is 1. The quantitative estimate of drug-likeness (QED) is 0.880. The van der Waals surface area contributed by atoms with Crippen LogP contribution in [0.4, 0.5) is 0 Å². The highest BCUT2D eigenvalue weighted by atomic mass is 16.5. The second kappa shape index (κ2) is 6.78. The number of ether oxygens (including phenoxy) is 2. The summed E-state index contributed by atoms with van der Waals surface area (Å²) in [6.07, 6.45) is 1.09. The van der Waals surface area contributed by atoms with Crippen LogP contribution in [0, 0.1) is 5.92 Å². The van der Waals surface area contributed by atoms with Crippen LogP contribution in [-0.2, 0) is 0 Å². The lowest BCUT2D eigenvalue weighted by atomic mass is 9.95. The van der Waals surface area contributed by atoms with Gasteiger partial charge in [-0.25, -0.2) is 0 Å². The lowest BCUT2D eigenvalue weighted by Gasteiger charge is -2.34. The van der Waals surface area contributed by atoms with Gasteiger partial charge < -0.3 is 15.2 Å². The van der Waals surface area contributed by atoms with Crippen LogP contribution in [0.25, 0.3) is 0 Å². The Morgan fingerprint density at radius 2 is 1.95 bits per heavy atom. The first-order chi connectivity index (χ1) is 9.19. The molecule has 0 aromatic heterocycles. The monoisotopic (exact) mass is 264 g/mol. The van der Waals surface area contributed by atoms with Crippen LogP contribution in [0.2, 0.25) is 0 Å². The van der Waals surface area contributed by atoms with Crippen molar-refractivity contribution in [2.45, 2.75) is 19.4 Å². The minimum atomic E-state index is 0.360. The molecule has 0 aliphatic carbocycles. The summed E-state index contributed by atoms with van der Waals surface area (Å²) in [5.74, 6) is 2.32. The van der Waals surface area contributed by atoms with Gasteiger partial charge in [-0.05, 0) is 43.1 Å². The molecule has 4 nitrogen and oxygen atoms in total. The fourth-order valence-corrected chi connectivity index (χ4v) is 2.42. The van der Waals surface area contributed by atoms with Gasteiger partial charge in [-0.1, -0.05) is 6.92 Å². The predicted molar refractivity (Wildman–Crippen MR) is 76.7 cm³/mol. The molecule has 1 fully saturated rings. The maximum atomic E-state index is 6.02. The molecule has 2 atom stereocenters. The summed E-state index contributed by atoms with van der Waals surface area (Å²) in [7, 11) is 1.66. The highest BCUT2D eigenvalue weighted by molar-refractivity contribution is 5.31. The lowest BCUT2D eigenvalue weighted by molar-refractivity contribution is 0.140. The SMILES string of the molecule is COc1ccc(OCCN2CCC(N)C(C)C2)cc1. The number of nitrogens with zero attached hydrogens (tertiary/aromatic N) is 1. The first-order valence-corrected chi connectivity index (χ1v) is 6.94.